The van der Waals surface area contributed by atoms with Crippen LogP contribution in [0.3, 0.4) is 0 Å². The van der Waals surface area contributed by atoms with Crippen molar-refractivity contribution < 1.29 is 4.39 Å². The standard InChI is InChI=1S/C17H11Cl2FN6/c1-8-5-12(23-7-22-8)24-17-15-14(11(20)6-21-17)25-16(26-15)13-9(18)3-2-4-10(13)19/h2-7H,1H3,(H,25,26)(H,21,22,23,24). The summed E-state index contributed by atoms with van der Waals surface area (Å²) in [5, 5.41) is 3.85. The van der Waals surface area contributed by atoms with E-state index in [0.29, 0.717) is 38.6 Å². The summed E-state index contributed by atoms with van der Waals surface area (Å²) in [5.74, 6) is 0.694. The summed E-state index contributed by atoms with van der Waals surface area (Å²) in [7, 11) is 0. The zero-order chi connectivity index (χ0) is 18.3. The predicted octanol–water partition coefficient (Wildman–Crippen LogP) is 4.91. The first-order chi connectivity index (χ1) is 12.5. The Morgan fingerprint density at radius 1 is 1.12 bits per heavy atom. The highest BCUT2D eigenvalue weighted by Gasteiger charge is 2.18. The molecule has 3 heterocycles. The first-order valence-corrected chi connectivity index (χ1v) is 8.33. The number of aromatic nitrogens is 5. The molecule has 0 atom stereocenters. The maximum absolute atomic E-state index is 14.2. The molecule has 26 heavy (non-hydrogen) atoms. The Bertz CT molecular complexity index is 1110. The van der Waals surface area contributed by atoms with E-state index in [0.717, 1.165) is 11.9 Å². The molecule has 0 unspecified atom stereocenters. The van der Waals surface area contributed by atoms with Crippen molar-refractivity contribution in [2.45, 2.75) is 6.92 Å². The molecule has 4 aromatic rings. The van der Waals surface area contributed by atoms with Crippen LogP contribution in [-0.4, -0.2) is 24.9 Å². The van der Waals surface area contributed by atoms with Crippen LogP contribution in [0.15, 0.2) is 36.8 Å². The third-order valence-corrected chi connectivity index (χ3v) is 4.35. The molecule has 3 aromatic heterocycles. The van der Waals surface area contributed by atoms with Gasteiger partial charge in [0.05, 0.1) is 21.8 Å². The molecule has 130 valence electrons. The SMILES string of the molecule is Cc1cc(Nc2ncc(F)c3[nH]c(-c4c(Cl)cccc4Cl)nc23)ncn1. The second-order valence-electron chi connectivity index (χ2n) is 5.53. The molecule has 2 N–H and O–H groups in total. The molecule has 0 saturated heterocycles. The molecule has 0 saturated carbocycles. The lowest BCUT2D eigenvalue weighted by Crippen LogP contribution is -1.99. The average molecular weight is 389 g/mol. The summed E-state index contributed by atoms with van der Waals surface area (Å²) in [6.45, 7) is 1.84. The van der Waals surface area contributed by atoms with Crippen LogP contribution in [0.2, 0.25) is 10.0 Å². The smallest absolute Gasteiger partial charge is 0.167 e. The Kier molecular flexibility index (Phi) is 4.18. The van der Waals surface area contributed by atoms with E-state index in [1.54, 1.807) is 24.3 Å². The number of halogens is 3. The molecule has 0 aliphatic heterocycles. The van der Waals surface area contributed by atoms with Crippen LogP contribution in [-0.2, 0) is 0 Å². The molecule has 9 heteroatoms. The van der Waals surface area contributed by atoms with Gasteiger partial charge in [0.15, 0.2) is 11.6 Å². The lowest BCUT2D eigenvalue weighted by Gasteiger charge is -2.05. The molecule has 0 spiro atoms. The van der Waals surface area contributed by atoms with E-state index in [4.69, 9.17) is 23.2 Å². The second kappa shape index (κ2) is 6.51. The summed E-state index contributed by atoms with van der Waals surface area (Å²) < 4.78 is 14.2. The Morgan fingerprint density at radius 2 is 1.88 bits per heavy atom. The Hall–Kier alpha value is -2.77. The highest BCUT2D eigenvalue weighted by Crippen LogP contribution is 2.35. The number of aromatic amines is 1. The van der Waals surface area contributed by atoms with Crippen LogP contribution in [0.25, 0.3) is 22.4 Å². The molecule has 0 aliphatic rings. The van der Waals surface area contributed by atoms with Gasteiger partial charge >= 0.3 is 0 Å². The number of pyridine rings is 1. The van der Waals surface area contributed by atoms with Gasteiger partial charge in [-0.25, -0.2) is 24.3 Å². The van der Waals surface area contributed by atoms with Crippen molar-refractivity contribution in [1.82, 2.24) is 24.9 Å². The number of anilines is 2. The molecule has 0 bridgehead atoms. The number of hydrogen-bond acceptors (Lipinski definition) is 5. The monoisotopic (exact) mass is 388 g/mol. The number of nitrogens with zero attached hydrogens (tertiary/aromatic N) is 4. The first-order valence-electron chi connectivity index (χ1n) is 7.57. The van der Waals surface area contributed by atoms with Crippen LogP contribution in [0.4, 0.5) is 16.0 Å². The molecule has 0 amide bonds. The summed E-state index contributed by atoms with van der Waals surface area (Å²) in [6, 6.07) is 6.85. The molecule has 0 radical (unpaired) electrons. The molecule has 4 rings (SSSR count). The van der Waals surface area contributed by atoms with Crippen LogP contribution in [0, 0.1) is 12.7 Å². The fourth-order valence-corrected chi connectivity index (χ4v) is 3.12. The highest BCUT2D eigenvalue weighted by atomic mass is 35.5. The number of imidazole rings is 1. The minimum atomic E-state index is -0.536. The van der Waals surface area contributed by atoms with Gasteiger partial charge in [-0.3, -0.25) is 0 Å². The predicted molar refractivity (Wildman–Crippen MR) is 99.4 cm³/mol. The summed E-state index contributed by atoms with van der Waals surface area (Å²) in [4.78, 5) is 19.6. The number of rotatable bonds is 3. The van der Waals surface area contributed by atoms with Gasteiger partial charge in [-0.05, 0) is 19.1 Å². The highest BCUT2D eigenvalue weighted by molar-refractivity contribution is 6.39. The third kappa shape index (κ3) is 2.95. The van der Waals surface area contributed by atoms with Crippen molar-refractivity contribution in [3.63, 3.8) is 0 Å². The number of benzene rings is 1. The van der Waals surface area contributed by atoms with Crippen LogP contribution >= 0.6 is 23.2 Å². The number of hydrogen-bond donors (Lipinski definition) is 2. The largest absolute Gasteiger partial charge is 0.335 e. The molecule has 1 aromatic carbocycles. The number of H-pyrrole nitrogens is 1. The Balaban J connectivity index is 1.86. The van der Waals surface area contributed by atoms with Crippen molar-refractivity contribution in [3.05, 3.63) is 58.3 Å². The molecule has 0 aliphatic carbocycles. The first kappa shape index (κ1) is 16.7. The van der Waals surface area contributed by atoms with Crippen LogP contribution in [0.5, 0.6) is 0 Å². The quantitative estimate of drug-likeness (QED) is 0.520. The van der Waals surface area contributed by atoms with Crippen molar-refractivity contribution in [3.8, 4) is 11.4 Å². The fourth-order valence-electron chi connectivity index (χ4n) is 2.54. The van der Waals surface area contributed by atoms with E-state index in [2.05, 4.69) is 30.2 Å². The van der Waals surface area contributed by atoms with Gasteiger partial charge in [-0.15, -0.1) is 0 Å². The maximum Gasteiger partial charge on any atom is 0.167 e. The van der Waals surface area contributed by atoms with Gasteiger partial charge in [0.2, 0.25) is 0 Å². The van der Waals surface area contributed by atoms with E-state index in [1.807, 2.05) is 6.92 Å². The van der Waals surface area contributed by atoms with Crippen molar-refractivity contribution >= 4 is 45.9 Å². The van der Waals surface area contributed by atoms with E-state index >= 15 is 0 Å². The van der Waals surface area contributed by atoms with E-state index in [-0.39, 0.29) is 5.52 Å². The van der Waals surface area contributed by atoms with Crippen molar-refractivity contribution in [2.24, 2.45) is 0 Å². The second-order valence-corrected chi connectivity index (χ2v) is 6.34. The number of nitrogens with one attached hydrogen (secondary N) is 2. The number of fused-ring (bicyclic) bond motifs is 1. The molecular weight excluding hydrogens is 378 g/mol. The molecular formula is C17H11Cl2FN6. The maximum atomic E-state index is 14.2. The van der Waals surface area contributed by atoms with Crippen LogP contribution < -0.4 is 5.32 Å². The lowest BCUT2D eigenvalue weighted by atomic mass is 10.2. The van der Waals surface area contributed by atoms with E-state index in [9.17, 15) is 4.39 Å². The zero-order valence-corrected chi connectivity index (χ0v) is 14.9. The van der Waals surface area contributed by atoms with Gasteiger partial charge < -0.3 is 10.3 Å². The Morgan fingerprint density at radius 3 is 2.62 bits per heavy atom. The number of aryl methyl sites for hydroxylation is 1. The molecule has 6 nitrogen and oxygen atoms in total. The van der Waals surface area contributed by atoms with Gasteiger partial charge in [0.25, 0.3) is 0 Å². The van der Waals surface area contributed by atoms with Crippen molar-refractivity contribution in [1.29, 1.82) is 0 Å². The Labute approximate surface area is 157 Å². The summed E-state index contributed by atoms with van der Waals surface area (Å²) in [6.07, 6.45) is 2.53. The zero-order valence-electron chi connectivity index (χ0n) is 13.4. The van der Waals surface area contributed by atoms with E-state index in [1.165, 1.54) is 6.33 Å². The van der Waals surface area contributed by atoms with Crippen molar-refractivity contribution in [2.75, 3.05) is 5.32 Å². The minimum absolute atomic E-state index is 0.194. The fraction of sp³-hybridized carbons (Fsp3) is 0.0588. The van der Waals surface area contributed by atoms with Gasteiger partial charge in [0.1, 0.15) is 29.0 Å². The van der Waals surface area contributed by atoms with Gasteiger partial charge in [-0.1, -0.05) is 29.3 Å². The summed E-state index contributed by atoms with van der Waals surface area (Å²) >= 11 is 12.5. The van der Waals surface area contributed by atoms with Crippen LogP contribution in [0.1, 0.15) is 5.69 Å². The lowest BCUT2D eigenvalue weighted by molar-refractivity contribution is 0.632. The third-order valence-electron chi connectivity index (χ3n) is 3.72. The normalized spacial score (nSPS) is 11.1. The molecule has 0 fully saturated rings. The van der Waals surface area contributed by atoms with E-state index < -0.39 is 5.82 Å². The van der Waals surface area contributed by atoms with Gasteiger partial charge in [-0.2, -0.15) is 0 Å². The minimum Gasteiger partial charge on any atom is -0.335 e. The summed E-state index contributed by atoms with van der Waals surface area (Å²) in [5.41, 5.74) is 1.79. The average Bonchev–Trinajstić information content (AvgIpc) is 3.03. The topological polar surface area (TPSA) is 79.4 Å². The van der Waals surface area contributed by atoms with Gasteiger partial charge in [0, 0.05) is 11.8 Å².